The Morgan fingerprint density at radius 1 is 1.44 bits per heavy atom. The van der Waals surface area contributed by atoms with Gasteiger partial charge in [-0.15, -0.1) is 0 Å². The minimum Gasteiger partial charge on any atom is -0.397 e. The van der Waals surface area contributed by atoms with Crippen LogP contribution in [0.3, 0.4) is 0 Å². The number of likely N-dealkylation sites (N-methyl/N-ethyl adjacent to an activating group) is 1. The molecule has 0 amide bonds. The minimum absolute atomic E-state index is 0.0118. The number of aromatic nitrogens is 1. The molecule has 1 aromatic heterocycles. The number of nitrogen functional groups attached to an aromatic ring is 1. The van der Waals surface area contributed by atoms with E-state index in [0.717, 1.165) is 30.7 Å². The first-order valence-corrected chi connectivity index (χ1v) is 5.86. The molecular weight excluding hydrogens is 234 g/mol. The van der Waals surface area contributed by atoms with E-state index in [2.05, 4.69) is 19.1 Å². The highest BCUT2D eigenvalue weighted by Crippen LogP contribution is 2.28. The fourth-order valence-corrected chi connectivity index (χ4v) is 2.06. The molecule has 7 heteroatoms. The molecule has 1 aromatic rings. The quantitative estimate of drug-likeness (QED) is 0.470. The van der Waals surface area contributed by atoms with Crippen LogP contribution >= 0.6 is 0 Å². The zero-order valence-corrected chi connectivity index (χ0v) is 10.7. The molecule has 1 fully saturated rings. The molecule has 0 atom stereocenters. The lowest BCUT2D eigenvalue weighted by Gasteiger charge is -2.39. The Balaban J connectivity index is 2.26. The van der Waals surface area contributed by atoms with Crippen molar-refractivity contribution in [2.45, 2.75) is 0 Å². The highest BCUT2D eigenvalue weighted by molar-refractivity contribution is 5.62. The molecule has 18 heavy (non-hydrogen) atoms. The van der Waals surface area contributed by atoms with Crippen LogP contribution in [0.5, 0.6) is 0 Å². The number of rotatable bonds is 2. The standard InChI is InChI=1S/C11H18N5O2/c1-16(2)5-3-14(4-6-16)11-10(15(17)18)7-9(12)8-13-11/h7-8H,3-6,12H2,1-2H3/q+1. The van der Waals surface area contributed by atoms with Crippen molar-refractivity contribution in [1.82, 2.24) is 4.98 Å². The summed E-state index contributed by atoms with van der Waals surface area (Å²) in [6, 6.07) is 1.37. The topological polar surface area (TPSA) is 85.3 Å². The van der Waals surface area contributed by atoms with Gasteiger partial charge in [-0.2, -0.15) is 0 Å². The van der Waals surface area contributed by atoms with Crippen LogP contribution < -0.4 is 10.6 Å². The van der Waals surface area contributed by atoms with Gasteiger partial charge in [0.05, 0.1) is 57.1 Å². The minimum atomic E-state index is -0.423. The molecule has 2 N–H and O–H groups in total. The lowest BCUT2D eigenvalue weighted by atomic mass is 10.2. The van der Waals surface area contributed by atoms with Gasteiger partial charge in [0.15, 0.2) is 0 Å². The number of piperazine rings is 1. The molecule has 0 aromatic carbocycles. The average molecular weight is 252 g/mol. The van der Waals surface area contributed by atoms with Gasteiger partial charge in [-0.05, 0) is 0 Å². The van der Waals surface area contributed by atoms with Gasteiger partial charge in [0, 0.05) is 6.07 Å². The van der Waals surface area contributed by atoms with E-state index in [4.69, 9.17) is 5.73 Å². The van der Waals surface area contributed by atoms with Crippen LogP contribution in [0.4, 0.5) is 17.2 Å². The maximum Gasteiger partial charge on any atom is 0.313 e. The molecule has 1 saturated heterocycles. The van der Waals surface area contributed by atoms with E-state index in [1.165, 1.54) is 12.3 Å². The summed E-state index contributed by atoms with van der Waals surface area (Å²) < 4.78 is 0.930. The average Bonchev–Trinajstić information content (AvgIpc) is 2.29. The van der Waals surface area contributed by atoms with Crippen LogP contribution in [0.15, 0.2) is 12.3 Å². The molecule has 0 bridgehead atoms. The molecule has 0 aliphatic carbocycles. The normalized spacial score (nSPS) is 18.7. The fraction of sp³-hybridized carbons (Fsp3) is 0.545. The SMILES string of the molecule is C[N+]1(C)CCN(c2ncc(N)cc2[N+](=O)[O-])CC1. The predicted molar refractivity (Wildman–Crippen MR) is 69.4 cm³/mol. The summed E-state index contributed by atoms with van der Waals surface area (Å²) in [5.74, 6) is 0.425. The Hall–Kier alpha value is -1.89. The second-order valence-corrected chi connectivity index (χ2v) is 5.24. The molecule has 98 valence electrons. The zero-order valence-electron chi connectivity index (χ0n) is 10.7. The summed E-state index contributed by atoms with van der Waals surface area (Å²) in [5, 5.41) is 11.0. The van der Waals surface area contributed by atoms with E-state index in [1.54, 1.807) is 0 Å². The van der Waals surface area contributed by atoms with Crippen molar-refractivity contribution in [3.8, 4) is 0 Å². The van der Waals surface area contributed by atoms with Gasteiger partial charge in [0.1, 0.15) is 0 Å². The van der Waals surface area contributed by atoms with E-state index in [1.807, 2.05) is 4.90 Å². The van der Waals surface area contributed by atoms with E-state index in [-0.39, 0.29) is 5.69 Å². The first-order chi connectivity index (χ1) is 8.39. The van der Waals surface area contributed by atoms with Gasteiger partial charge in [-0.3, -0.25) is 10.1 Å². The van der Waals surface area contributed by atoms with Crippen molar-refractivity contribution in [2.24, 2.45) is 0 Å². The van der Waals surface area contributed by atoms with Gasteiger partial charge >= 0.3 is 5.69 Å². The van der Waals surface area contributed by atoms with Crippen LogP contribution in [-0.4, -0.2) is 54.7 Å². The number of nitrogens with zero attached hydrogens (tertiary/aromatic N) is 4. The van der Waals surface area contributed by atoms with Crippen LogP contribution in [-0.2, 0) is 0 Å². The molecule has 0 spiro atoms. The number of pyridine rings is 1. The van der Waals surface area contributed by atoms with Gasteiger partial charge in [-0.1, -0.05) is 0 Å². The Kier molecular flexibility index (Phi) is 3.08. The third-order valence-electron chi connectivity index (χ3n) is 3.32. The Bertz CT molecular complexity index is 465. The summed E-state index contributed by atoms with van der Waals surface area (Å²) >= 11 is 0. The lowest BCUT2D eigenvalue weighted by molar-refractivity contribution is -0.890. The lowest BCUT2D eigenvalue weighted by Crippen LogP contribution is -2.55. The number of hydrogen-bond donors (Lipinski definition) is 1. The van der Waals surface area contributed by atoms with Crippen molar-refractivity contribution in [3.05, 3.63) is 22.4 Å². The van der Waals surface area contributed by atoms with Gasteiger partial charge in [-0.25, -0.2) is 4.98 Å². The molecule has 2 heterocycles. The highest BCUT2D eigenvalue weighted by Gasteiger charge is 2.29. The summed E-state index contributed by atoms with van der Waals surface area (Å²) in [7, 11) is 4.31. The molecule has 0 unspecified atom stereocenters. The largest absolute Gasteiger partial charge is 0.397 e. The molecule has 7 nitrogen and oxygen atoms in total. The van der Waals surface area contributed by atoms with Crippen LogP contribution in [0, 0.1) is 10.1 Å². The maximum atomic E-state index is 11.0. The zero-order chi connectivity index (χ0) is 13.3. The first-order valence-electron chi connectivity index (χ1n) is 5.86. The molecule has 1 aliphatic heterocycles. The van der Waals surface area contributed by atoms with Gasteiger partial charge in [0.2, 0.25) is 5.82 Å². The smallest absolute Gasteiger partial charge is 0.313 e. The number of quaternary nitrogens is 1. The molecule has 0 saturated carbocycles. The van der Waals surface area contributed by atoms with Crippen molar-refractivity contribution in [3.63, 3.8) is 0 Å². The third-order valence-corrected chi connectivity index (χ3v) is 3.32. The van der Waals surface area contributed by atoms with Crippen LogP contribution in [0.1, 0.15) is 0 Å². The van der Waals surface area contributed by atoms with Crippen molar-refractivity contribution >= 4 is 17.2 Å². The summed E-state index contributed by atoms with van der Waals surface area (Å²) in [6.45, 7) is 3.43. The fourth-order valence-electron chi connectivity index (χ4n) is 2.06. The summed E-state index contributed by atoms with van der Waals surface area (Å²) in [6.07, 6.45) is 1.47. The Morgan fingerprint density at radius 2 is 2.06 bits per heavy atom. The monoisotopic (exact) mass is 252 g/mol. The number of nitro groups is 1. The molecular formula is C11H18N5O2+. The first kappa shape index (κ1) is 12.6. The number of nitrogens with two attached hydrogens (primary N) is 1. The second-order valence-electron chi connectivity index (χ2n) is 5.24. The maximum absolute atomic E-state index is 11.0. The second kappa shape index (κ2) is 4.41. The predicted octanol–water partition coefficient (Wildman–Crippen LogP) is 0.468. The van der Waals surface area contributed by atoms with Crippen LogP contribution in [0.25, 0.3) is 0 Å². The van der Waals surface area contributed by atoms with Crippen molar-refractivity contribution < 1.29 is 9.41 Å². The van der Waals surface area contributed by atoms with Gasteiger partial charge in [0.25, 0.3) is 0 Å². The molecule has 0 radical (unpaired) electrons. The van der Waals surface area contributed by atoms with Crippen LogP contribution in [0.2, 0.25) is 0 Å². The summed E-state index contributed by atoms with van der Waals surface area (Å²) in [5.41, 5.74) is 5.86. The van der Waals surface area contributed by atoms with E-state index < -0.39 is 4.92 Å². The van der Waals surface area contributed by atoms with E-state index in [9.17, 15) is 10.1 Å². The highest BCUT2D eigenvalue weighted by atomic mass is 16.6. The Labute approximate surface area is 106 Å². The van der Waals surface area contributed by atoms with Crippen molar-refractivity contribution in [1.29, 1.82) is 0 Å². The molecule has 1 aliphatic rings. The van der Waals surface area contributed by atoms with E-state index in [0.29, 0.717) is 11.5 Å². The van der Waals surface area contributed by atoms with E-state index >= 15 is 0 Å². The third kappa shape index (κ3) is 2.51. The summed E-state index contributed by atoms with van der Waals surface area (Å²) in [4.78, 5) is 16.7. The van der Waals surface area contributed by atoms with Crippen molar-refractivity contribution in [2.75, 3.05) is 50.9 Å². The molecule has 2 rings (SSSR count). The van der Waals surface area contributed by atoms with Gasteiger partial charge < -0.3 is 15.1 Å². The number of hydrogen-bond acceptors (Lipinski definition) is 5. The number of anilines is 2. The Morgan fingerprint density at radius 3 is 2.61 bits per heavy atom.